The molecule has 19 heavy (non-hydrogen) atoms. The van der Waals surface area contributed by atoms with Gasteiger partial charge in [0.2, 0.25) is 5.13 Å². The Morgan fingerprint density at radius 2 is 1.95 bits per heavy atom. The Hall–Kier alpha value is -1.23. The molecule has 2 aromatic carbocycles. The fraction of sp³-hybridized carbons (Fsp3) is 0. The first-order valence-electron chi connectivity index (χ1n) is 5.56. The number of thiazole rings is 1. The van der Waals surface area contributed by atoms with Gasteiger partial charge in [-0.1, -0.05) is 51.0 Å². The highest BCUT2D eigenvalue weighted by molar-refractivity contribution is 9.10. The Kier molecular flexibility index (Phi) is 3.64. The van der Waals surface area contributed by atoms with Crippen LogP contribution in [0.1, 0.15) is 5.56 Å². The molecule has 3 rings (SSSR count). The van der Waals surface area contributed by atoms with Gasteiger partial charge in [-0.25, -0.2) is 9.98 Å². The summed E-state index contributed by atoms with van der Waals surface area (Å²) in [6, 6.07) is 13.6. The molecule has 0 aliphatic carbocycles. The zero-order valence-corrected chi connectivity index (χ0v) is 12.8. The summed E-state index contributed by atoms with van der Waals surface area (Å²) >= 11 is 10.9. The lowest BCUT2D eigenvalue weighted by molar-refractivity contribution is 1.41. The number of hydrogen-bond donors (Lipinski definition) is 0. The Labute approximate surface area is 127 Å². The van der Waals surface area contributed by atoms with Crippen LogP contribution in [-0.4, -0.2) is 11.2 Å². The van der Waals surface area contributed by atoms with Crippen LogP contribution in [0.15, 0.2) is 51.9 Å². The predicted molar refractivity (Wildman–Crippen MR) is 86.0 cm³/mol. The molecule has 1 heterocycles. The SMILES string of the molecule is Clc1ccc2nc(N=Cc3ccc(Br)cc3)sc2c1. The molecule has 0 amide bonds. The van der Waals surface area contributed by atoms with E-state index in [9.17, 15) is 0 Å². The minimum Gasteiger partial charge on any atom is -0.227 e. The van der Waals surface area contributed by atoms with Crippen molar-refractivity contribution in [3.05, 3.63) is 57.5 Å². The molecule has 1 aromatic heterocycles. The second-order valence-corrected chi connectivity index (χ2v) is 6.28. The van der Waals surface area contributed by atoms with Crippen molar-refractivity contribution in [3.8, 4) is 0 Å². The normalized spacial score (nSPS) is 11.5. The number of nitrogens with zero attached hydrogens (tertiary/aromatic N) is 2. The third-order valence-corrected chi connectivity index (χ3v) is 4.22. The fourth-order valence-electron chi connectivity index (χ4n) is 1.62. The van der Waals surface area contributed by atoms with Gasteiger partial charge in [-0.15, -0.1) is 0 Å². The van der Waals surface area contributed by atoms with Crippen LogP contribution < -0.4 is 0 Å². The van der Waals surface area contributed by atoms with Crippen molar-refractivity contribution in [3.63, 3.8) is 0 Å². The minimum atomic E-state index is 0.722. The van der Waals surface area contributed by atoms with Crippen molar-refractivity contribution in [2.75, 3.05) is 0 Å². The molecule has 0 fully saturated rings. The number of aliphatic imine (C=N–C) groups is 1. The maximum absolute atomic E-state index is 5.95. The molecule has 0 aliphatic heterocycles. The van der Waals surface area contributed by atoms with Gasteiger partial charge in [-0.3, -0.25) is 0 Å². The molecule has 2 nitrogen and oxygen atoms in total. The summed E-state index contributed by atoms with van der Waals surface area (Å²) < 4.78 is 2.11. The van der Waals surface area contributed by atoms with E-state index < -0.39 is 0 Å². The number of halogens is 2. The molecular formula is C14H8BrClN2S. The van der Waals surface area contributed by atoms with Crippen molar-refractivity contribution in [1.29, 1.82) is 0 Å². The number of rotatable bonds is 2. The van der Waals surface area contributed by atoms with Gasteiger partial charge in [0, 0.05) is 15.7 Å². The van der Waals surface area contributed by atoms with Crippen molar-refractivity contribution >= 4 is 60.4 Å². The zero-order chi connectivity index (χ0) is 13.2. The molecule has 0 N–H and O–H groups in total. The second-order valence-electron chi connectivity index (χ2n) is 3.92. The summed E-state index contributed by atoms with van der Waals surface area (Å²) in [5, 5.41) is 1.46. The lowest BCUT2D eigenvalue weighted by atomic mass is 10.2. The average molecular weight is 352 g/mol. The maximum atomic E-state index is 5.95. The molecular weight excluding hydrogens is 344 g/mol. The highest BCUT2D eigenvalue weighted by Gasteiger charge is 2.02. The quantitative estimate of drug-likeness (QED) is 0.563. The summed E-state index contributed by atoms with van der Waals surface area (Å²) in [5.41, 5.74) is 1.97. The van der Waals surface area contributed by atoms with E-state index in [1.807, 2.05) is 48.7 Å². The van der Waals surface area contributed by atoms with Gasteiger partial charge in [0.05, 0.1) is 10.2 Å². The van der Waals surface area contributed by atoms with Gasteiger partial charge in [0.1, 0.15) is 0 Å². The van der Waals surface area contributed by atoms with E-state index in [2.05, 4.69) is 25.9 Å². The number of fused-ring (bicyclic) bond motifs is 1. The van der Waals surface area contributed by atoms with Crippen molar-refractivity contribution in [2.45, 2.75) is 0 Å². The summed E-state index contributed by atoms with van der Waals surface area (Å²) in [6.07, 6.45) is 1.81. The summed E-state index contributed by atoms with van der Waals surface area (Å²) in [6.45, 7) is 0. The molecule has 0 aliphatic rings. The monoisotopic (exact) mass is 350 g/mol. The fourth-order valence-corrected chi connectivity index (χ4v) is 2.97. The van der Waals surface area contributed by atoms with Gasteiger partial charge < -0.3 is 0 Å². The van der Waals surface area contributed by atoms with Crippen LogP contribution >= 0.6 is 38.9 Å². The van der Waals surface area contributed by atoms with Crippen LogP contribution in [0.5, 0.6) is 0 Å². The van der Waals surface area contributed by atoms with E-state index in [1.54, 1.807) is 0 Å². The highest BCUT2D eigenvalue weighted by atomic mass is 79.9. The van der Waals surface area contributed by atoms with Crippen LogP contribution in [0, 0.1) is 0 Å². The molecule has 0 radical (unpaired) electrons. The molecule has 0 spiro atoms. The molecule has 94 valence electrons. The lowest BCUT2D eigenvalue weighted by Crippen LogP contribution is -1.78. The summed E-state index contributed by atoms with van der Waals surface area (Å²) in [5.74, 6) is 0. The first-order valence-corrected chi connectivity index (χ1v) is 7.55. The van der Waals surface area contributed by atoms with Crippen LogP contribution in [0.25, 0.3) is 10.2 Å². The first kappa shape index (κ1) is 12.8. The minimum absolute atomic E-state index is 0.722. The van der Waals surface area contributed by atoms with Crippen LogP contribution in [0.4, 0.5) is 5.13 Å². The van der Waals surface area contributed by atoms with E-state index >= 15 is 0 Å². The summed E-state index contributed by atoms with van der Waals surface area (Å²) in [7, 11) is 0. The Balaban J connectivity index is 1.90. The largest absolute Gasteiger partial charge is 0.227 e. The van der Waals surface area contributed by atoms with E-state index in [-0.39, 0.29) is 0 Å². The van der Waals surface area contributed by atoms with Gasteiger partial charge in [0.25, 0.3) is 0 Å². The molecule has 0 saturated carbocycles. The topological polar surface area (TPSA) is 25.2 Å². The predicted octanol–water partition coefficient (Wildman–Crippen LogP) is 5.46. The third-order valence-electron chi connectivity index (χ3n) is 2.53. The highest BCUT2D eigenvalue weighted by Crippen LogP contribution is 2.29. The molecule has 5 heteroatoms. The van der Waals surface area contributed by atoms with Crippen molar-refractivity contribution in [2.24, 2.45) is 4.99 Å². The van der Waals surface area contributed by atoms with Crippen LogP contribution in [0.2, 0.25) is 5.02 Å². The smallest absolute Gasteiger partial charge is 0.210 e. The van der Waals surface area contributed by atoms with E-state index in [4.69, 9.17) is 11.6 Å². The Bertz CT molecular complexity index is 750. The molecule has 0 unspecified atom stereocenters. The molecule has 0 saturated heterocycles. The van der Waals surface area contributed by atoms with Crippen molar-refractivity contribution in [1.82, 2.24) is 4.98 Å². The van der Waals surface area contributed by atoms with E-state index in [1.165, 1.54) is 11.3 Å². The second kappa shape index (κ2) is 5.41. The Morgan fingerprint density at radius 3 is 2.74 bits per heavy atom. The number of aromatic nitrogens is 1. The van der Waals surface area contributed by atoms with Gasteiger partial charge in [-0.05, 0) is 35.9 Å². The summed E-state index contributed by atoms with van der Waals surface area (Å²) in [4.78, 5) is 8.84. The average Bonchev–Trinajstić information content (AvgIpc) is 2.80. The van der Waals surface area contributed by atoms with E-state index in [0.29, 0.717) is 0 Å². The van der Waals surface area contributed by atoms with Gasteiger partial charge in [-0.2, -0.15) is 0 Å². The maximum Gasteiger partial charge on any atom is 0.210 e. The standard InChI is InChI=1S/C14H8BrClN2S/c15-10-3-1-9(2-4-10)8-17-14-18-12-6-5-11(16)7-13(12)19-14/h1-8H. The first-order chi connectivity index (χ1) is 9.20. The van der Waals surface area contributed by atoms with Crippen LogP contribution in [-0.2, 0) is 0 Å². The molecule has 0 bridgehead atoms. The van der Waals surface area contributed by atoms with Crippen LogP contribution in [0.3, 0.4) is 0 Å². The Morgan fingerprint density at radius 1 is 1.16 bits per heavy atom. The molecule has 3 aromatic rings. The molecule has 0 atom stereocenters. The van der Waals surface area contributed by atoms with Crippen molar-refractivity contribution < 1.29 is 0 Å². The third kappa shape index (κ3) is 3.03. The van der Waals surface area contributed by atoms with Gasteiger partial charge >= 0.3 is 0 Å². The zero-order valence-electron chi connectivity index (χ0n) is 9.68. The van der Waals surface area contributed by atoms with Gasteiger partial charge in [0.15, 0.2) is 0 Å². The number of benzene rings is 2. The number of hydrogen-bond acceptors (Lipinski definition) is 3. The van der Waals surface area contributed by atoms with E-state index in [0.717, 1.165) is 30.4 Å². The lowest BCUT2D eigenvalue weighted by Gasteiger charge is -1.91.